The third kappa shape index (κ3) is 2.96. The minimum Gasteiger partial charge on any atom is -0.348 e. The van der Waals surface area contributed by atoms with Gasteiger partial charge in [-0.25, -0.2) is 9.97 Å². The first kappa shape index (κ1) is 14.9. The average molecular weight is 302 g/mol. The van der Waals surface area contributed by atoms with Crippen LogP contribution >= 0.6 is 0 Å². The predicted octanol–water partition coefficient (Wildman–Crippen LogP) is 0.838. The number of hydrogen-bond donors (Lipinski definition) is 1. The van der Waals surface area contributed by atoms with Crippen LogP contribution in [0.25, 0.3) is 0 Å². The largest absolute Gasteiger partial charge is 0.348 e. The summed E-state index contributed by atoms with van der Waals surface area (Å²) in [7, 11) is 0. The molecule has 1 fully saturated rings. The van der Waals surface area contributed by atoms with Gasteiger partial charge in [0.2, 0.25) is 11.8 Å². The van der Waals surface area contributed by atoms with Gasteiger partial charge < -0.3 is 10.2 Å². The molecule has 6 nitrogen and oxygen atoms in total. The number of fused-ring (bicyclic) bond motifs is 1. The number of rotatable bonds is 4. The van der Waals surface area contributed by atoms with Crippen molar-refractivity contribution in [2.75, 3.05) is 6.54 Å². The van der Waals surface area contributed by atoms with E-state index >= 15 is 0 Å². The van der Waals surface area contributed by atoms with Gasteiger partial charge in [-0.1, -0.05) is 0 Å². The van der Waals surface area contributed by atoms with Crippen molar-refractivity contribution in [3.05, 3.63) is 23.3 Å². The van der Waals surface area contributed by atoms with Gasteiger partial charge in [-0.2, -0.15) is 0 Å². The molecule has 0 unspecified atom stereocenters. The van der Waals surface area contributed by atoms with Gasteiger partial charge in [0.05, 0.1) is 12.5 Å². The average Bonchev–Trinajstić information content (AvgIpc) is 3.10. The Bertz CT molecular complexity index is 600. The Morgan fingerprint density at radius 2 is 2.27 bits per heavy atom. The molecule has 2 amide bonds. The van der Waals surface area contributed by atoms with Crippen LogP contribution in [0, 0.1) is 5.92 Å². The predicted molar refractivity (Wildman–Crippen MR) is 80.9 cm³/mol. The molecule has 0 aromatic carbocycles. The van der Waals surface area contributed by atoms with E-state index in [2.05, 4.69) is 15.3 Å². The Morgan fingerprint density at radius 3 is 3.00 bits per heavy atom. The van der Waals surface area contributed by atoms with Crippen LogP contribution in [-0.2, 0) is 29.0 Å². The molecule has 0 radical (unpaired) electrons. The summed E-state index contributed by atoms with van der Waals surface area (Å²) < 4.78 is 0. The summed E-state index contributed by atoms with van der Waals surface area (Å²) in [6.07, 6.45) is 5.36. The van der Waals surface area contributed by atoms with Crippen molar-refractivity contribution in [2.24, 2.45) is 5.92 Å². The quantitative estimate of drug-likeness (QED) is 0.894. The third-order valence-electron chi connectivity index (χ3n) is 4.44. The van der Waals surface area contributed by atoms with Crippen molar-refractivity contribution in [1.82, 2.24) is 20.2 Å². The lowest BCUT2D eigenvalue weighted by atomic mass is 10.1. The molecular formula is C16H22N4O2. The van der Waals surface area contributed by atoms with Crippen molar-refractivity contribution >= 4 is 11.8 Å². The van der Waals surface area contributed by atoms with E-state index in [1.54, 1.807) is 4.90 Å². The zero-order valence-corrected chi connectivity index (χ0v) is 13.1. The maximum Gasteiger partial charge on any atom is 0.225 e. The number of aryl methyl sites for hydroxylation is 2. The van der Waals surface area contributed by atoms with Crippen LogP contribution in [0.3, 0.4) is 0 Å². The van der Waals surface area contributed by atoms with Crippen LogP contribution in [0.1, 0.15) is 43.8 Å². The Kier molecular flexibility index (Phi) is 4.09. The second-order valence-electron chi connectivity index (χ2n) is 6.37. The van der Waals surface area contributed by atoms with E-state index in [1.807, 2.05) is 20.0 Å². The van der Waals surface area contributed by atoms with Crippen LogP contribution in [0.5, 0.6) is 0 Å². The highest BCUT2D eigenvalue weighted by Crippen LogP contribution is 2.21. The number of carbonyl (C=O) groups is 2. The molecule has 1 aromatic heterocycles. The molecule has 118 valence electrons. The van der Waals surface area contributed by atoms with E-state index in [0.29, 0.717) is 25.3 Å². The number of nitrogens with one attached hydrogen (secondary N) is 1. The summed E-state index contributed by atoms with van der Waals surface area (Å²) in [5.41, 5.74) is 2.34. The number of amides is 2. The number of aromatic nitrogens is 2. The smallest absolute Gasteiger partial charge is 0.225 e. The molecule has 1 aliphatic heterocycles. The number of likely N-dealkylation sites (tertiary alicyclic amines) is 1. The fourth-order valence-electron chi connectivity index (χ4n) is 3.16. The standard InChI is InChI=1S/C16H22N4O2/c1-10(2)20-9-12(6-15(20)21)16(22)18-8-14-17-7-11-4-3-5-13(11)19-14/h7,10,12H,3-6,8-9H2,1-2H3,(H,18,22)/t12-/m1/s1. The van der Waals surface area contributed by atoms with E-state index in [9.17, 15) is 9.59 Å². The second kappa shape index (κ2) is 6.02. The Balaban J connectivity index is 1.56. The lowest BCUT2D eigenvalue weighted by Crippen LogP contribution is -2.35. The van der Waals surface area contributed by atoms with E-state index in [0.717, 1.165) is 25.0 Å². The van der Waals surface area contributed by atoms with Gasteiger partial charge in [0.1, 0.15) is 5.82 Å². The molecule has 6 heteroatoms. The Labute approximate surface area is 130 Å². The molecule has 0 saturated carbocycles. The summed E-state index contributed by atoms with van der Waals surface area (Å²) in [6, 6.07) is 0.144. The molecule has 3 rings (SSSR count). The molecule has 1 N–H and O–H groups in total. The minimum absolute atomic E-state index is 0.0592. The normalized spacial score (nSPS) is 20.6. The van der Waals surface area contributed by atoms with E-state index in [4.69, 9.17) is 0 Å². The highest BCUT2D eigenvalue weighted by Gasteiger charge is 2.35. The van der Waals surface area contributed by atoms with Crippen molar-refractivity contribution in [3.8, 4) is 0 Å². The van der Waals surface area contributed by atoms with Crippen LogP contribution in [-0.4, -0.2) is 39.3 Å². The maximum absolute atomic E-state index is 12.2. The lowest BCUT2D eigenvalue weighted by Gasteiger charge is -2.20. The first-order valence-electron chi connectivity index (χ1n) is 7.95. The zero-order chi connectivity index (χ0) is 15.7. The molecule has 0 bridgehead atoms. The molecule has 1 aromatic rings. The Hall–Kier alpha value is -1.98. The van der Waals surface area contributed by atoms with Crippen LogP contribution in [0.2, 0.25) is 0 Å². The number of hydrogen-bond acceptors (Lipinski definition) is 4. The van der Waals surface area contributed by atoms with Crippen molar-refractivity contribution in [3.63, 3.8) is 0 Å². The summed E-state index contributed by atoms with van der Waals surface area (Å²) in [5.74, 6) is 0.368. The zero-order valence-electron chi connectivity index (χ0n) is 13.1. The molecule has 1 aliphatic carbocycles. The Morgan fingerprint density at radius 1 is 1.45 bits per heavy atom. The summed E-state index contributed by atoms with van der Waals surface area (Å²) in [4.78, 5) is 34.6. The van der Waals surface area contributed by atoms with Gasteiger partial charge in [-0.05, 0) is 38.7 Å². The maximum atomic E-state index is 12.2. The van der Waals surface area contributed by atoms with E-state index in [1.165, 1.54) is 5.56 Å². The molecular weight excluding hydrogens is 280 g/mol. The fraction of sp³-hybridized carbons (Fsp3) is 0.625. The molecule has 1 saturated heterocycles. The van der Waals surface area contributed by atoms with Gasteiger partial charge in [-0.3, -0.25) is 9.59 Å². The first-order valence-corrected chi connectivity index (χ1v) is 7.95. The topological polar surface area (TPSA) is 75.2 Å². The SMILES string of the molecule is CC(C)N1C[C@H](C(=O)NCc2ncc3c(n2)CCC3)CC1=O. The van der Waals surface area contributed by atoms with Crippen molar-refractivity contribution in [2.45, 2.75) is 52.1 Å². The number of carbonyl (C=O) groups excluding carboxylic acids is 2. The minimum atomic E-state index is -0.260. The molecule has 22 heavy (non-hydrogen) atoms. The second-order valence-corrected chi connectivity index (χ2v) is 6.37. The van der Waals surface area contributed by atoms with Gasteiger partial charge >= 0.3 is 0 Å². The van der Waals surface area contributed by atoms with Gasteiger partial charge in [0.25, 0.3) is 0 Å². The summed E-state index contributed by atoms with van der Waals surface area (Å²) in [5, 5.41) is 2.87. The molecule has 1 atom stereocenters. The molecule has 0 spiro atoms. The highest BCUT2D eigenvalue weighted by molar-refractivity contribution is 5.89. The van der Waals surface area contributed by atoms with E-state index in [-0.39, 0.29) is 23.8 Å². The molecule has 2 aliphatic rings. The first-order chi connectivity index (χ1) is 10.5. The third-order valence-corrected chi connectivity index (χ3v) is 4.44. The van der Waals surface area contributed by atoms with Crippen LogP contribution in [0.15, 0.2) is 6.20 Å². The summed E-state index contributed by atoms with van der Waals surface area (Å²) >= 11 is 0. The van der Waals surface area contributed by atoms with Crippen LogP contribution < -0.4 is 5.32 Å². The number of nitrogens with zero attached hydrogens (tertiary/aromatic N) is 3. The van der Waals surface area contributed by atoms with Gasteiger partial charge in [0, 0.05) is 30.9 Å². The van der Waals surface area contributed by atoms with Crippen molar-refractivity contribution < 1.29 is 9.59 Å². The van der Waals surface area contributed by atoms with Crippen LogP contribution in [0.4, 0.5) is 0 Å². The molecule has 2 heterocycles. The monoisotopic (exact) mass is 302 g/mol. The van der Waals surface area contributed by atoms with E-state index < -0.39 is 0 Å². The van der Waals surface area contributed by atoms with Crippen molar-refractivity contribution in [1.29, 1.82) is 0 Å². The lowest BCUT2D eigenvalue weighted by molar-refractivity contribution is -0.130. The fourth-order valence-corrected chi connectivity index (χ4v) is 3.16. The summed E-state index contributed by atoms with van der Waals surface area (Å²) in [6.45, 7) is 4.78. The van der Waals surface area contributed by atoms with Gasteiger partial charge in [-0.15, -0.1) is 0 Å². The highest BCUT2D eigenvalue weighted by atomic mass is 16.2. The van der Waals surface area contributed by atoms with Gasteiger partial charge in [0.15, 0.2) is 0 Å².